The minimum atomic E-state index is 0.186. The largest absolute Gasteiger partial charge is 0.373 e. The molecule has 0 saturated carbocycles. The van der Waals surface area contributed by atoms with Crippen LogP contribution in [0.3, 0.4) is 0 Å². The SMILES string of the molecule is C1=CNC([Si]c2cccc3ccccc23)N=C1. The quantitative estimate of drug-likeness (QED) is 0.788. The second-order valence-corrected chi connectivity index (χ2v) is 5.27. The van der Waals surface area contributed by atoms with Crippen molar-refractivity contribution in [3.8, 4) is 0 Å². The minimum Gasteiger partial charge on any atom is -0.373 e. The molecule has 0 saturated heterocycles. The second kappa shape index (κ2) is 4.55. The number of hydrogen-bond donors (Lipinski definition) is 1. The van der Waals surface area contributed by atoms with Crippen molar-refractivity contribution in [3.63, 3.8) is 0 Å². The van der Waals surface area contributed by atoms with Gasteiger partial charge in [-0.1, -0.05) is 47.7 Å². The smallest absolute Gasteiger partial charge is 0.141 e. The van der Waals surface area contributed by atoms with Crippen LogP contribution in [0.4, 0.5) is 0 Å². The van der Waals surface area contributed by atoms with Crippen molar-refractivity contribution >= 4 is 31.7 Å². The summed E-state index contributed by atoms with van der Waals surface area (Å²) in [6, 6.07) is 15.0. The molecule has 2 aromatic rings. The molecule has 0 aliphatic carbocycles. The molecule has 2 radical (unpaired) electrons. The van der Waals surface area contributed by atoms with Gasteiger partial charge in [-0.05, 0) is 23.0 Å². The molecule has 0 aromatic heterocycles. The lowest BCUT2D eigenvalue weighted by Gasteiger charge is -2.15. The number of rotatable bonds is 2. The summed E-state index contributed by atoms with van der Waals surface area (Å²) in [4.78, 5) is 4.42. The van der Waals surface area contributed by atoms with E-state index in [0.717, 1.165) is 0 Å². The van der Waals surface area contributed by atoms with Crippen molar-refractivity contribution in [3.05, 3.63) is 54.7 Å². The minimum absolute atomic E-state index is 0.186. The Balaban J connectivity index is 1.94. The predicted molar refractivity (Wildman–Crippen MR) is 73.9 cm³/mol. The van der Waals surface area contributed by atoms with E-state index in [4.69, 9.17) is 0 Å². The van der Waals surface area contributed by atoms with E-state index in [1.54, 1.807) is 0 Å². The topological polar surface area (TPSA) is 24.4 Å². The molecule has 2 nitrogen and oxygen atoms in total. The number of benzene rings is 2. The Morgan fingerprint density at radius 3 is 2.82 bits per heavy atom. The van der Waals surface area contributed by atoms with Crippen LogP contribution in [-0.2, 0) is 0 Å². The van der Waals surface area contributed by atoms with Gasteiger partial charge in [0.1, 0.15) is 15.3 Å². The summed E-state index contributed by atoms with van der Waals surface area (Å²) in [5.41, 5.74) is 0. The van der Waals surface area contributed by atoms with Crippen LogP contribution >= 0.6 is 0 Å². The van der Waals surface area contributed by atoms with E-state index in [2.05, 4.69) is 52.8 Å². The number of fused-ring (bicyclic) bond motifs is 1. The van der Waals surface area contributed by atoms with Crippen molar-refractivity contribution in [2.75, 3.05) is 0 Å². The highest BCUT2D eigenvalue weighted by atomic mass is 28.2. The van der Waals surface area contributed by atoms with E-state index in [9.17, 15) is 0 Å². The van der Waals surface area contributed by atoms with E-state index in [-0.39, 0.29) is 5.79 Å². The summed E-state index contributed by atoms with van der Waals surface area (Å²) in [6.07, 6.45) is 5.74. The van der Waals surface area contributed by atoms with Crippen LogP contribution < -0.4 is 10.5 Å². The van der Waals surface area contributed by atoms with Gasteiger partial charge in [0.2, 0.25) is 0 Å². The summed E-state index contributed by atoms with van der Waals surface area (Å²) < 4.78 is 0. The molecule has 82 valence electrons. The zero-order valence-corrected chi connectivity index (χ0v) is 10.3. The number of hydrogen-bond acceptors (Lipinski definition) is 2. The van der Waals surface area contributed by atoms with Gasteiger partial charge in [-0.3, -0.25) is 4.99 Å². The molecule has 1 atom stereocenters. The van der Waals surface area contributed by atoms with Gasteiger partial charge in [0, 0.05) is 6.21 Å². The average molecular weight is 236 g/mol. The van der Waals surface area contributed by atoms with Gasteiger partial charge in [-0.25, -0.2) is 0 Å². The normalized spacial score (nSPS) is 18.2. The van der Waals surface area contributed by atoms with Crippen LogP contribution in [0.15, 0.2) is 59.7 Å². The van der Waals surface area contributed by atoms with E-state index >= 15 is 0 Å². The fourth-order valence-corrected chi connectivity index (χ4v) is 3.16. The summed E-state index contributed by atoms with van der Waals surface area (Å²) in [5, 5.41) is 7.27. The van der Waals surface area contributed by atoms with Crippen LogP contribution in [0, 0.1) is 0 Å². The Labute approximate surface area is 103 Å². The van der Waals surface area contributed by atoms with Crippen molar-refractivity contribution < 1.29 is 0 Å². The summed E-state index contributed by atoms with van der Waals surface area (Å²) in [5.74, 6) is 0.186. The standard InChI is InChI=1S/C14H12N2Si/c1-2-7-12-11(5-1)6-3-8-13(12)17-14-15-9-4-10-16-14/h1-10,14-15H. The maximum atomic E-state index is 4.42. The molecule has 0 spiro atoms. The van der Waals surface area contributed by atoms with Gasteiger partial charge >= 0.3 is 0 Å². The molecule has 0 fully saturated rings. The third kappa shape index (κ3) is 2.14. The lowest BCUT2D eigenvalue weighted by Crippen LogP contribution is -2.37. The fraction of sp³-hybridized carbons (Fsp3) is 0.0714. The van der Waals surface area contributed by atoms with Crippen molar-refractivity contribution in [1.29, 1.82) is 0 Å². The van der Waals surface area contributed by atoms with Gasteiger partial charge in [-0.15, -0.1) is 0 Å². The van der Waals surface area contributed by atoms with Gasteiger partial charge in [0.25, 0.3) is 0 Å². The first-order valence-corrected chi connectivity index (χ1v) is 6.70. The third-order valence-corrected chi connectivity index (χ3v) is 4.09. The number of nitrogens with zero attached hydrogens (tertiary/aromatic N) is 1. The summed E-state index contributed by atoms with van der Waals surface area (Å²) >= 11 is 0. The summed E-state index contributed by atoms with van der Waals surface area (Å²) in [6.45, 7) is 0. The highest BCUT2D eigenvalue weighted by Crippen LogP contribution is 2.10. The molecule has 17 heavy (non-hydrogen) atoms. The van der Waals surface area contributed by atoms with Gasteiger partial charge in [0.05, 0.1) is 0 Å². The molecule has 1 aliphatic rings. The lowest BCUT2D eigenvalue weighted by atomic mass is 10.1. The molecule has 1 aliphatic heterocycles. The molecule has 1 unspecified atom stereocenters. The zero-order chi connectivity index (χ0) is 11.5. The van der Waals surface area contributed by atoms with Gasteiger partial charge in [-0.2, -0.15) is 0 Å². The first-order valence-electron chi connectivity index (χ1n) is 5.62. The predicted octanol–water partition coefficient (Wildman–Crippen LogP) is 1.64. The number of aliphatic imine (C=N–C) groups is 1. The van der Waals surface area contributed by atoms with E-state index in [0.29, 0.717) is 9.52 Å². The molecule has 1 N–H and O–H groups in total. The van der Waals surface area contributed by atoms with Gasteiger partial charge in [0.15, 0.2) is 0 Å². The molecular weight excluding hydrogens is 224 g/mol. The second-order valence-electron chi connectivity index (χ2n) is 3.90. The van der Waals surface area contributed by atoms with Crippen molar-refractivity contribution in [2.24, 2.45) is 4.99 Å². The Bertz CT molecular complexity index is 584. The first kappa shape index (κ1) is 10.3. The van der Waals surface area contributed by atoms with E-state index in [1.807, 2.05) is 18.5 Å². The van der Waals surface area contributed by atoms with Crippen LogP contribution in [0.25, 0.3) is 10.8 Å². The Morgan fingerprint density at radius 2 is 1.94 bits per heavy atom. The fourth-order valence-electron chi connectivity index (χ4n) is 1.95. The molecule has 0 amide bonds. The number of nitrogens with one attached hydrogen (secondary N) is 1. The van der Waals surface area contributed by atoms with Crippen molar-refractivity contribution in [2.45, 2.75) is 5.79 Å². The molecule has 3 heteroatoms. The van der Waals surface area contributed by atoms with Crippen LogP contribution in [0.2, 0.25) is 0 Å². The molecule has 2 aromatic carbocycles. The van der Waals surface area contributed by atoms with E-state index in [1.165, 1.54) is 16.0 Å². The Morgan fingerprint density at radius 1 is 1.06 bits per heavy atom. The molecule has 3 rings (SSSR count). The maximum absolute atomic E-state index is 4.42. The monoisotopic (exact) mass is 236 g/mol. The highest BCUT2D eigenvalue weighted by molar-refractivity contribution is 6.58. The molecule has 1 heterocycles. The van der Waals surface area contributed by atoms with E-state index < -0.39 is 0 Å². The third-order valence-electron chi connectivity index (χ3n) is 2.75. The molecule has 0 bridgehead atoms. The summed E-state index contributed by atoms with van der Waals surface area (Å²) in [7, 11) is 0.647. The van der Waals surface area contributed by atoms with Crippen LogP contribution in [0.5, 0.6) is 0 Å². The first-order chi connectivity index (χ1) is 8.43. The molecular formula is C14H12N2Si. The van der Waals surface area contributed by atoms with Crippen LogP contribution in [-0.4, -0.2) is 21.5 Å². The Kier molecular flexibility index (Phi) is 2.76. The zero-order valence-electron chi connectivity index (χ0n) is 9.30. The highest BCUT2D eigenvalue weighted by Gasteiger charge is 2.10. The average Bonchev–Trinajstić information content (AvgIpc) is 2.40. The Hall–Kier alpha value is -1.87. The van der Waals surface area contributed by atoms with Crippen LogP contribution in [0.1, 0.15) is 0 Å². The maximum Gasteiger partial charge on any atom is 0.141 e. The van der Waals surface area contributed by atoms with Crippen molar-refractivity contribution in [1.82, 2.24) is 5.32 Å². The van der Waals surface area contributed by atoms with Gasteiger partial charge < -0.3 is 5.32 Å². The number of allylic oxidation sites excluding steroid dienone is 1. The lowest BCUT2D eigenvalue weighted by molar-refractivity contribution is 0.798.